The molecule has 0 bridgehead atoms. The predicted octanol–water partition coefficient (Wildman–Crippen LogP) is 3.10. The van der Waals surface area contributed by atoms with Crippen LogP contribution in [0.2, 0.25) is 0 Å². The van der Waals surface area contributed by atoms with Gasteiger partial charge >= 0.3 is 0 Å². The molecule has 1 aliphatic carbocycles. The largest absolute Gasteiger partial charge is 0.497 e. The first-order valence-electron chi connectivity index (χ1n) is 7.09. The molecule has 0 heterocycles. The molecule has 3 unspecified atom stereocenters. The minimum Gasteiger partial charge on any atom is -0.497 e. The van der Waals surface area contributed by atoms with Gasteiger partial charge in [-0.05, 0) is 49.3 Å². The van der Waals surface area contributed by atoms with Crippen molar-refractivity contribution in [3.05, 3.63) is 29.8 Å². The van der Waals surface area contributed by atoms with Gasteiger partial charge in [0.2, 0.25) is 5.91 Å². The molecule has 0 saturated heterocycles. The van der Waals surface area contributed by atoms with Crippen LogP contribution in [0.5, 0.6) is 5.75 Å². The Morgan fingerprint density at radius 1 is 1.53 bits per heavy atom. The number of hydrogen-bond acceptors (Lipinski definition) is 2. The molecule has 19 heavy (non-hydrogen) atoms. The third-order valence-corrected chi connectivity index (χ3v) is 3.87. The minimum absolute atomic E-state index is 0.172. The van der Waals surface area contributed by atoms with Gasteiger partial charge in [-0.25, -0.2) is 0 Å². The number of hydrogen-bond donors (Lipinski definition) is 1. The lowest BCUT2D eigenvalue weighted by atomic mass is 10.1. The molecule has 104 valence electrons. The Labute approximate surface area is 115 Å². The average Bonchev–Trinajstić information content (AvgIpc) is 3.19. The Hall–Kier alpha value is -1.51. The predicted molar refractivity (Wildman–Crippen MR) is 76.4 cm³/mol. The van der Waals surface area contributed by atoms with E-state index >= 15 is 0 Å². The zero-order chi connectivity index (χ0) is 13.8. The minimum atomic E-state index is 0.172. The Balaban J connectivity index is 1.90. The highest BCUT2D eigenvalue weighted by atomic mass is 16.5. The molecular formula is C16H23NO2. The first-order chi connectivity index (χ1) is 9.15. The summed E-state index contributed by atoms with van der Waals surface area (Å²) >= 11 is 0. The highest BCUT2D eigenvalue weighted by Gasteiger charge is 2.42. The third-order valence-electron chi connectivity index (χ3n) is 3.87. The summed E-state index contributed by atoms with van der Waals surface area (Å²) in [5.41, 5.74) is 1.32. The molecule has 1 fully saturated rings. The Morgan fingerprint density at radius 3 is 3.00 bits per heavy atom. The number of methoxy groups -OCH3 is 1. The molecule has 1 aromatic rings. The maximum atomic E-state index is 11.6. The maximum Gasteiger partial charge on any atom is 0.220 e. The van der Waals surface area contributed by atoms with Gasteiger partial charge in [-0.2, -0.15) is 0 Å². The standard InChI is InChI=1S/C16H23NO2/c1-4-6-16(18)17-11(2)14-10-15(14)12-7-5-8-13(9-12)19-3/h5,7-9,11,14-15H,4,6,10H2,1-3H3,(H,17,18). The van der Waals surface area contributed by atoms with Crippen molar-refractivity contribution < 1.29 is 9.53 Å². The van der Waals surface area contributed by atoms with Crippen LogP contribution in [0.25, 0.3) is 0 Å². The topological polar surface area (TPSA) is 38.3 Å². The Bertz CT molecular complexity index is 444. The van der Waals surface area contributed by atoms with E-state index in [0.717, 1.165) is 18.6 Å². The van der Waals surface area contributed by atoms with E-state index in [0.29, 0.717) is 18.3 Å². The highest BCUT2D eigenvalue weighted by molar-refractivity contribution is 5.76. The van der Waals surface area contributed by atoms with Crippen LogP contribution in [0, 0.1) is 5.92 Å². The van der Waals surface area contributed by atoms with Crippen molar-refractivity contribution in [1.29, 1.82) is 0 Å². The molecule has 0 spiro atoms. The van der Waals surface area contributed by atoms with E-state index < -0.39 is 0 Å². The van der Waals surface area contributed by atoms with Crippen LogP contribution in [-0.4, -0.2) is 19.1 Å². The maximum absolute atomic E-state index is 11.6. The number of carbonyl (C=O) groups excluding carboxylic acids is 1. The van der Waals surface area contributed by atoms with Crippen molar-refractivity contribution >= 4 is 5.91 Å². The van der Waals surface area contributed by atoms with Crippen molar-refractivity contribution in [2.24, 2.45) is 5.92 Å². The van der Waals surface area contributed by atoms with E-state index in [2.05, 4.69) is 24.4 Å². The van der Waals surface area contributed by atoms with Crippen molar-refractivity contribution in [1.82, 2.24) is 5.32 Å². The zero-order valence-corrected chi connectivity index (χ0v) is 12.0. The van der Waals surface area contributed by atoms with Crippen molar-refractivity contribution in [2.45, 2.75) is 45.1 Å². The highest BCUT2D eigenvalue weighted by Crippen LogP contribution is 2.49. The molecular weight excluding hydrogens is 238 g/mol. The van der Waals surface area contributed by atoms with Crippen LogP contribution in [0.1, 0.15) is 44.6 Å². The van der Waals surface area contributed by atoms with Crippen LogP contribution in [0.15, 0.2) is 24.3 Å². The number of amides is 1. The third kappa shape index (κ3) is 3.49. The van der Waals surface area contributed by atoms with E-state index in [1.807, 2.05) is 19.1 Å². The summed E-state index contributed by atoms with van der Waals surface area (Å²) in [4.78, 5) is 11.6. The molecule has 0 radical (unpaired) electrons. The number of carbonyl (C=O) groups is 1. The molecule has 1 aromatic carbocycles. The summed E-state index contributed by atoms with van der Waals surface area (Å²) in [5.74, 6) is 2.21. The number of benzene rings is 1. The van der Waals surface area contributed by atoms with Crippen LogP contribution >= 0.6 is 0 Å². The van der Waals surface area contributed by atoms with Gasteiger partial charge in [0.05, 0.1) is 7.11 Å². The van der Waals surface area contributed by atoms with Crippen molar-refractivity contribution in [2.75, 3.05) is 7.11 Å². The van der Waals surface area contributed by atoms with E-state index in [4.69, 9.17) is 4.74 Å². The van der Waals surface area contributed by atoms with Gasteiger partial charge in [0.25, 0.3) is 0 Å². The summed E-state index contributed by atoms with van der Waals surface area (Å²) in [6.07, 6.45) is 2.68. The summed E-state index contributed by atoms with van der Waals surface area (Å²) < 4.78 is 5.26. The lowest BCUT2D eigenvalue weighted by Crippen LogP contribution is -2.34. The quantitative estimate of drug-likeness (QED) is 0.854. The zero-order valence-electron chi connectivity index (χ0n) is 12.0. The number of rotatable bonds is 6. The molecule has 1 aliphatic rings. The summed E-state index contributed by atoms with van der Waals surface area (Å²) in [7, 11) is 1.69. The molecule has 3 heteroatoms. The van der Waals surface area contributed by atoms with Gasteiger partial charge in [-0.3, -0.25) is 4.79 Å². The lowest BCUT2D eigenvalue weighted by molar-refractivity contribution is -0.121. The van der Waals surface area contributed by atoms with Crippen molar-refractivity contribution in [3.63, 3.8) is 0 Å². The molecule has 0 aromatic heterocycles. The summed E-state index contributed by atoms with van der Waals surface area (Å²) in [5, 5.41) is 3.10. The average molecular weight is 261 g/mol. The molecule has 3 nitrogen and oxygen atoms in total. The first kappa shape index (κ1) is 13.9. The monoisotopic (exact) mass is 261 g/mol. The van der Waals surface area contributed by atoms with Gasteiger partial charge in [0, 0.05) is 12.5 Å². The number of nitrogens with one attached hydrogen (secondary N) is 1. The van der Waals surface area contributed by atoms with Crippen molar-refractivity contribution in [3.8, 4) is 5.75 Å². The molecule has 0 aliphatic heterocycles. The smallest absolute Gasteiger partial charge is 0.220 e. The van der Waals surface area contributed by atoms with Gasteiger partial charge in [0.15, 0.2) is 0 Å². The summed E-state index contributed by atoms with van der Waals surface area (Å²) in [6.45, 7) is 4.14. The van der Waals surface area contributed by atoms with E-state index in [1.54, 1.807) is 7.11 Å². The second-order valence-corrected chi connectivity index (χ2v) is 5.39. The fourth-order valence-corrected chi connectivity index (χ4v) is 2.68. The summed E-state index contributed by atoms with van der Waals surface area (Å²) in [6, 6.07) is 8.51. The van der Waals surface area contributed by atoms with Crippen LogP contribution in [0.4, 0.5) is 0 Å². The van der Waals surface area contributed by atoms with Gasteiger partial charge in [-0.15, -0.1) is 0 Å². The van der Waals surface area contributed by atoms with E-state index in [-0.39, 0.29) is 11.9 Å². The van der Waals surface area contributed by atoms with Crippen LogP contribution in [-0.2, 0) is 4.79 Å². The first-order valence-corrected chi connectivity index (χ1v) is 7.09. The Kier molecular flexibility index (Phi) is 4.46. The van der Waals surface area contributed by atoms with E-state index in [9.17, 15) is 4.79 Å². The second-order valence-electron chi connectivity index (χ2n) is 5.39. The SMILES string of the molecule is CCCC(=O)NC(C)C1CC1c1cccc(OC)c1. The van der Waals surface area contributed by atoms with Crippen LogP contribution in [0.3, 0.4) is 0 Å². The van der Waals surface area contributed by atoms with Crippen LogP contribution < -0.4 is 10.1 Å². The van der Waals surface area contributed by atoms with Gasteiger partial charge in [-0.1, -0.05) is 19.1 Å². The molecule has 1 saturated carbocycles. The fourth-order valence-electron chi connectivity index (χ4n) is 2.68. The normalized spacial score (nSPS) is 22.7. The fraction of sp³-hybridized carbons (Fsp3) is 0.562. The van der Waals surface area contributed by atoms with Gasteiger partial charge in [0.1, 0.15) is 5.75 Å². The molecule has 1 amide bonds. The molecule has 2 rings (SSSR count). The van der Waals surface area contributed by atoms with E-state index in [1.165, 1.54) is 5.56 Å². The molecule has 3 atom stereocenters. The second kappa shape index (κ2) is 6.09. The Morgan fingerprint density at radius 2 is 2.32 bits per heavy atom. The number of ether oxygens (including phenoxy) is 1. The lowest BCUT2D eigenvalue weighted by Gasteiger charge is -2.13. The van der Waals surface area contributed by atoms with Gasteiger partial charge < -0.3 is 10.1 Å². The molecule has 1 N–H and O–H groups in total.